The van der Waals surface area contributed by atoms with Crippen LogP contribution < -0.4 is 0 Å². The van der Waals surface area contributed by atoms with Crippen LogP contribution in [0.4, 0.5) is 0 Å². The molecule has 3 N–H and O–H groups in total. The minimum absolute atomic E-state index is 0.0516. The van der Waals surface area contributed by atoms with Crippen molar-refractivity contribution >= 4 is 39.5 Å². The topological polar surface area (TPSA) is 237 Å². The number of unbranched alkanes of at least 4 members (excludes halogenated alkanes) is 14. The summed E-state index contributed by atoms with van der Waals surface area (Å²) in [5.74, 6) is -2.34. The molecule has 0 aliphatic carbocycles. The minimum atomic E-state index is -5.01. The summed E-state index contributed by atoms with van der Waals surface area (Å²) in [6.07, 6.45) is 94.2. The largest absolute Gasteiger partial charge is 0.472 e. The Hall–Kier alpha value is -6.10. The van der Waals surface area contributed by atoms with E-state index in [1.165, 1.54) is 0 Å². The van der Waals surface area contributed by atoms with Crippen LogP contribution in [0.2, 0.25) is 0 Å². The zero-order chi connectivity index (χ0) is 77.4. The lowest BCUT2D eigenvalue weighted by Crippen LogP contribution is -2.30. The van der Waals surface area contributed by atoms with Gasteiger partial charge in [-0.3, -0.25) is 37.3 Å². The van der Waals surface area contributed by atoms with Gasteiger partial charge in [0.05, 0.1) is 26.4 Å². The second kappa shape index (κ2) is 77.1. The Morgan fingerprint density at radius 3 is 0.745 bits per heavy atom. The molecular formula is C87H138O17P2. The summed E-state index contributed by atoms with van der Waals surface area (Å²) in [5, 5.41) is 10.6. The quantitative estimate of drug-likeness (QED) is 0.0169. The molecule has 106 heavy (non-hydrogen) atoms. The van der Waals surface area contributed by atoms with Crippen LogP contribution in [0.3, 0.4) is 0 Å². The molecule has 598 valence electrons. The lowest BCUT2D eigenvalue weighted by Gasteiger charge is -2.21. The van der Waals surface area contributed by atoms with Crippen molar-refractivity contribution in [2.24, 2.45) is 0 Å². The molecule has 0 aromatic carbocycles. The van der Waals surface area contributed by atoms with E-state index in [2.05, 4.69) is 210 Å². The number of esters is 4. The lowest BCUT2D eigenvalue weighted by molar-refractivity contribution is -0.161. The van der Waals surface area contributed by atoms with Crippen molar-refractivity contribution in [1.82, 2.24) is 0 Å². The fourth-order valence-electron chi connectivity index (χ4n) is 9.66. The summed E-state index contributed by atoms with van der Waals surface area (Å²) in [4.78, 5) is 73.1. The first-order valence-corrected chi connectivity index (χ1v) is 42.7. The Morgan fingerprint density at radius 2 is 0.472 bits per heavy atom. The van der Waals surface area contributed by atoms with Crippen molar-refractivity contribution in [2.75, 3.05) is 39.6 Å². The van der Waals surface area contributed by atoms with Gasteiger partial charge in [0.15, 0.2) is 12.2 Å². The van der Waals surface area contributed by atoms with Crippen molar-refractivity contribution in [1.29, 1.82) is 0 Å². The molecule has 0 fully saturated rings. The number of allylic oxidation sites excluding steroid dienone is 32. The molecule has 0 bridgehead atoms. The molecule has 5 atom stereocenters. The molecule has 0 saturated heterocycles. The zero-order valence-corrected chi connectivity index (χ0v) is 67.1. The average molecular weight is 1520 g/mol. The summed E-state index contributed by atoms with van der Waals surface area (Å²) in [6.45, 7) is 4.25. The van der Waals surface area contributed by atoms with Gasteiger partial charge in [-0.25, -0.2) is 9.13 Å². The molecule has 5 unspecified atom stereocenters. The minimum Gasteiger partial charge on any atom is -0.462 e. The van der Waals surface area contributed by atoms with E-state index in [0.717, 1.165) is 186 Å². The Bertz CT molecular complexity index is 2780. The van der Waals surface area contributed by atoms with Gasteiger partial charge in [0.2, 0.25) is 0 Å². The molecule has 19 heteroatoms. The van der Waals surface area contributed by atoms with Crippen LogP contribution in [0.25, 0.3) is 0 Å². The predicted molar refractivity (Wildman–Crippen MR) is 436 cm³/mol. The third kappa shape index (κ3) is 76.1. The lowest BCUT2D eigenvalue weighted by atomic mass is 10.1. The molecule has 0 aliphatic heterocycles. The van der Waals surface area contributed by atoms with Crippen molar-refractivity contribution < 1.29 is 80.2 Å². The van der Waals surface area contributed by atoms with Crippen molar-refractivity contribution in [3.8, 4) is 0 Å². The molecule has 17 nitrogen and oxygen atoms in total. The Kier molecular flexibility index (Phi) is 72.6. The maximum atomic E-state index is 13.1. The number of carbonyl (C=O) groups excluding carboxylic acids is 4. The number of phosphoric acid groups is 2. The number of hydrogen-bond acceptors (Lipinski definition) is 15. The maximum Gasteiger partial charge on any atom is 0.472 e. The first kappa shape index (κ1) is 99.9. The molecule has 0 radical (unpaired) electrons. The fraction of sp³-hybridized carbons (Fsp3) is 0.586. The number of carbonyl (C=O) groups is 4. The van der Waals surface area contributed by atoms with Gasteiger partial charge in [-0.2, -0.15) is 0 Å². The SMILES string of the molecule is CC/C=C\C/C=C\C/C=C\C/C=C\C/C=C\CCCC(=O)OCC(COP(=O)(O)OCC(O)COP(=O)(O)OCC(COC(=O)CCCCCC/C=C\C/C=C\C/C=C\C/C=C\CC)OC(=O)CCCCCC/C=C\C/C=C\C/C=C\C/C=C\CC)OC(=O)CCCCCCC/C=C\C/C=C\C/C=C\CC. The third-order valence-corrected chi connectivity index (χ3v) is 17.4. The number of ether oxygens (including phenoxy) is 4. The first-order valence-electron chi connectivity index (χ1n) is 39.7. The highest BCUT2D eigenvalue weighted by Crippen LogP contribution is 2.45. The average Bonchev–Trinajstić information content (AvgIpc) is 0.901. The summed E-state index contributed by atoms with van der Waals surface area (Å²) >= 11 is 0. The van der Waals surface area contributed by atoms with E-state index in [1.54, 1.807) is 0 Å². The molecule has 0 spiro atoms. The van der Waals surface area contributed by atoms with Gasteiger partial charge in [0.25, 0.3) is 0 Å². The Morgan fingerprint density at radius 1 is 0.264 bits per heavy atom. The van der Waals surface area contributed by atoms with Crippen molar-refractivity contribution in [2.45, 2.75) is 290 Å². The van der Waals surface area contributed by atoms with Crippen molar-refractivity contribution in [3.63, 3.8) is 0 Å². The van der Waals surface area contributed by atoms with Crippen LogP contribution in [0.15, 0.2) is 194 Å². The molecule has 0 heterocycles. The molecule has 0 rings (SSSR count). The van der Waals surface area contributed by atoms with Gasteiger partial charge >= 0.3 is 39.5 Å². The Labute approximate surface area is 640 Å². The van der Waals surface area contributed by atoms with Gasteiger partial charge in [-0.15, -0.1) is 0 Å². The van der Waals surface area contributed by atoms with Gasteiger partial charge in [0, 0.05) is 25.7 Å². The van der Waals surface area contributed by atoms with E-state index in [9.17, 15) is 43.2 Å². The maximum absolute atomic E-state index is 13.1. The van der Waals surface area contributed by atoms with E-state index in [4.69, 9.17) is 37.0 Å². The molecular weight excluding hydrogens is 1380 g/mol. The molecule has 0 aromatic heterocycles. The van der Waals surface area contributed by atoms with E-state index in [-0.39, 0.29) is 25.7 Å². The number of rotatable bonds is 72. The summed E-state index contributed by atoms with van der Waals surface area (Å²) in [5.41, 5.74) is 0. The second-order valence-corrected chi connectivity index (χ2v) is 28.4. The number of phosphoric ester groups is 2. The molecule has 0 aliphatic rings. The number of aliphatic hydroxyl groups is 1. The second-order valence-electron chi connectivity index (χ2n) is 25.5. The summed E-state index contributed by atoms with van der Waals surface area (Å²) in [6, 6.07) is 0. The van der Waals surface area contributed by atoms with Crippen molar-refractivity contribution in [3.05, 3.63) is 194 Å². The van der Waals surface area contributed by atoms with Crippen LogP contribution in [-0.4, -0.2) is 96.7 Å². The van der Waals surface area contributed by atoms with E-state index >= 15 is 0 Å². The summed E-state index contributed by atoms with van der Waals surface area (Å²) < 4.78 is 68.5. The molecule has 0 amide bonds. The van der Waals surface area contributed by atoms with Gasteiger partial charge in [0.1, 0.15) is 19.3 Å². The highest BCUT2D eigenvalue weighted by molar-refractivity contribution is 7.47. The van der Waals surface area contributed by atoms with E-state index in [1.807, 2.05) is 12.2 Å². The van der Waals surface area contributed by atoms with Crippen LogP contribution in [-0.2, 0) is 65.4 Å². The van der Waals surface area contributed by atoms with Crippen LogP contribution in [0.1, 0.15) is 272 Å². The third-order valence-electron chi connectivity index (χ3n) is 15.5. The first-order chi connectivity index (χ1) is 51.7. The van der Waals surface area contributed by atoms with Crippen LogP contribution in [0, 0.1) is 0 Å². The van der Waals surface area contributed by atoms with Gasteiger partial charge in [-0.1, -0.05) is 267 Å². The highest BCUT2D eigenvalue weighted by atomic mass is 31.2. The van der Waals surface area contributed by atoms with Gasteiger partial charge < -0.3 is 33.8 Å². The molecule has 0 aromatic rings. The summed E-state index contributed by atoms with van der Waals surface area (Å²) in [7, 11) is -10.0. The predicted octanol–water partition coefficient (Wildman–Crippen LogP) is 23.3. The van der Waals surface area contributed by atoms with E-state index < -0.39 is 97.5 Å². The number of aliphatic hydroxyl groups excluding tert-OH is 1. The highest BCUT2D eigenvalue weighted by Gasteiger charge is 2.30. The fourth-order valence-corrected chi connectivity index (χ4v) is 11.2. The standard InChI is InChI=1S/C87H138O17P2/c1-5-9-13-17-21-25-29-33-37-40-44-47-51-55-59-63-67-71-84(89)97-77-82(103-86(91)73-69-65-61-57-53-49-43-36-32-28-24-20-16-12-8-4)79-101-105(93,94)99-75-81(88)76-100-106(95,96)102-80-83(104-87(92)74-70-66-62-58-54-50-46-42-39-35-31-27-23-19-15-11-7-3)78-98-85(90)72-68-64-60-56-52-48-45-41-38-34-30-26-22-18-14-10-6-2/h9-16,21-28,33-39,43-48,50,55,59,81-83,88H,5-8,17-20,29-32,40-42,49,51-54,56-58,60-80H2,1-4H3,(H,93,94)(H,95,96)/b13-9-,14-10-,15-11-,16-12-,25-21-,26-22-,27-23-,28-24-,37-33-,38-34-,39-35-,43-36-,47-44-,48-45-,50-46-,59-55-. The smallest absolute Gasteiger partial charge is 0.462 e. The monoisotopic (exact) mass is 1520 g/mol. The normalized spacial score (nSPS) is 14.9. The van der Waals surface area contributed by atoms with Gasteiger partial charge in [-0.05, 0) is 173 Å². The van der Waals surface area contributed by atoms with Crippen LogP contribution >= 0.6 is 15.6 Å². The van der Waals surface area contributed by atoms with E-state index in [0.29, 0.717) is 32.1 Å². The van der Waals surface area contributed by atoms with Crippen LogP contribution in [0.5, 0.6) is 0 Å². The number of hydrogen-bond donors (Lipinski definition) is 3. The molecule has 0 saturated carbocycles. The zero-order valence-electron chi connectivity index (χ0n) is 65.3. The Balaban J connectivity index is 5.51.